The molecule has 4 aromatic rings. The maximum Gasteiger partial charge on any atom is 0.527 e. The van der Waals surface area contributed by atoms with Crippen molar-refractivity contribution in [2.75, 3.05) is 0 Å². The molecule has 0 unspecified atom stereocenters. The van der Waals surface area contributed by atoms with Crippen LogP contribution in [0.1, 0.15) is 22.8 Å². The van der Waals surface area contributed by atoms with Crippen LogP contribution in [0, 0.1) is 35.8 Å². The summed E-state index contributed by atoms with van der Waals surface area (Å²) in [5.74, 6) is -0.224. The van der Waals surface area contributed by atoms with Crippen LogP contribution in [0.2, 0.25) is 0 Å². The van der Waals surface area contributed by atoms with E-state index in [1.807, 2.05) is 12.1 Å². The largest absolute Gasteiger partial charge is 0.527 e. The van der Waals surface area contributed by atoms with Gasteiger partial charge in [0.2, 0.25) is 0 Å². The lowest BCUT2D eigenvalue weighted by atomic mass is 9.66. The van der Waals surface area contributed by atoms with Crippen LogP contribution in [-0.2, 0) is 0 Å². The summed E-state index contributed by atoms with van der Waals surface area (Å²) in [6.07, 6.45) is 6.48. The average molecular weight is 513 g/mol. The summed E-state index contributed by atoms with van der Waals surface area (Å²) in [6, 6.07) is 25.4. The molecule has 5 rings (SSSR count). The molecule has 8 nitrogen and oxygen atoms in total. The van der Waals surface area contributed by atoms with Crippen molar-refractivity contribution in [1.82, 2.24) is 19.9 Å². The molecule has 1 aliphatic rings. The summed E-state index contributed by atoms with van der Waals surface area (Å²) in [6.45, 7) is 15.7. The zero-order chi connectivity index (χ0) is 27.9. The third-order valence-corrected chi connectivity index (χ3v) is 6.09. The Morgan fingerprint density at radius 2 is 0.875 bits per heavy atom. The minimum absolute atomic E-state index is 0.184. The molecule has 0 bridgehead atoms. The Morgan fingerprint density at radius 1 is 0.525 bits per heavy atom. The summed E-state index contributed by atoms with van der Waals surface area (Å²) in [5.41, 5.74) is 4.12. The summed E-state index contributed by atoms with van der Waals surface area (Å²) in [5, 5.41) is 20.2. The Hall–Kier alpha value is -6.48. The molecule has 0 atom stereocenters. The van der Waals surface area contributed by atoms with E-state index in [-0.39, 0.29) is 22.5 Å². The monoisotopic (exact) mass is 512 g/mol. The van der Waals surface area contributed by atoms with Gasteiger partial charge in [-0.3, -0.25) is 19.9 Å². The van der Waals surface area contributed by atoms with Crippen LogP contribution < -0.4 is 0 Å². The number of nitrogens with zero attached hydrogens (tertiary/aromatic N) is 8. The fraction of sp³-hybridized carbons (Fsp3) is 0. The zero-order valence-electron chi connectivity index (χ0n) is 20.8. The minimum atomic E-state index is -0.224. The molecule has 0 N–H and O–H groups in total. The molecule has 0 aromatic carbocycles. The van der Waals surface area contributed by atoms with Gasteiger partial charge >= 0.3 is 5.82 Å². The maximum absolute atomic E-state index is 10.1. The van der Waals surface area contributed by atoms with Gasteiger partial charge in [0.05, 0.1) is 28.3 Å². The van der Waals surface area contributed by atoms with Crippen molar-refractivity contribution in [1.29, 1.82) is 10.5 Å². The number of pyridine rings is 4. The summed E-state index contributed by atoms with van der Waals surface area (Å²) in [7, 11) is 0. The molecule has 184 valence electrons. The highest BCUT2D eigenvalue weighted by molar-refractivity contribution is 6.03. The van der Waals surface area contributed by atoms with Crippen molar-refractivity contribution in [2.24, 2.45) is 0 Å². The van der Waals surface area contributed by atoms with E-state index >= 15 is 0 Å². The van der Waals surface area contributed by atoms with Gasteiger partial charge in [0.25, 0.3) is 0 Å². The van der Waals surface area contributed by atoms with Crippen molar-refractivity contribution in [2.45, 2.75) is 0 Å². The van der Waals surface area contributed by atoms with Crippen molar-refractivity contribution in [3.05, 3.63) is 177 Å². The van der Waals surface area contributed by atoms with Crippen LogP contribution in [0.15, 0.2) is 131 Å². The van der Waals surface area contributed by atoms with Crippen LogP contribution in [-0.4, -0.2) is 19.9 Å². The quantitative estimate of drug-likeness (QED) is 0.246. The Balaban J connectivity index is 2.05. The lowest BCUT2D eigenvalue weighted by molar-refractivity contribution is 1.13. The summed E-state index contributed by atoms with van der Waals surface area (Å²) < 4.78 is 0. The fourth-order valence-corrected chi connectivity index (χ4v) is 4.50. The van der Waals surface area contributed by atoms with Gasteiger partial charge < -0.3 is 0 Å². The molecule has 4 heterocycles. The van der Waals surface area contributed by atoms with E-state index in [0.717, 1.165) is 0 Å². The van der Waals surface area contributed by atoms with Gasteiger partial charge in [-0.25, -0.2) is 0 Å². The number of rotatable bonds is 4. The molecule has 1 fully saturated rings. The van der Waals surface area contributed by atoms with E-state index in [1.54, 1.807) is 97.6 Å². The molecule has 1 saturated carbocycles. The zero-order valence-corrected chi connectivity index (χ0v) is 20.8. The molecule has 0 spiro atoms. The molecular formula is C32H16N8. The molecule has 0 aliphatic heterocycles. The van der Waals surface area contributed by atoms with Gasteiger partial charge in [-0.05, 0) is 48.5 Å². The van der Waals surface area contributed by atoms with E-state index in [4.69, 9.17) is 13.1 Å². The van der Waals surface area contributed by atoms with Crippen molar-refractivity contribution in [3.8, 4) is 12.1 Å². The van der Waals surface area contributed by atoms with Gasteiger partial charge in [0.1, 0.15) is 30.9 Å². The first-order valence-corrected chi connectivity index (χ1v) is 11.9. The molecule has 0 amide bonds. The van der Waals surface area contributed by atoms with Crippen LogP contribution in [0.4, 0.5) is 0 Å². The fourth-order valence-electron chi connectivity index (χ4n) is 4.50. The lowest BCUT2D eigenvalue weighted by Gasteiger charge is -2.33. The Morgan fingerprint density at radius 3 is 1.12 bits per heavy atom. The normalized spacial score (nSPS) is 11.7. The molecule has 0 saturated heterocycles. The number of aromatic nitrogens is 4. The highest BCUT2D eigenvalue weighted by atomic mass is 14.9. The van der Waals surface area contributed by atoms with E-state index in [2.05, 4.69) is 29.6 Å². The van der Waals surface area contributed by atoms with E-state index in [0.29, 0.717) is 45.1 Å². The Kier molecular flexibility index (Phi) is 7.10. The summed E-state index contributed by atoms with van der Waals surface area (Å²) >= 11 is 0. The molecule has 4 aromatic heterocycles. The lowest BCUT2D eigenvalue weighted by Crippen LogP contribution is -2.22. The van der Waals surface area contributed by atoms with Gasteiger partial charge in [-0.2, -0.15) is 20.2 Å². The van der Waals surface area contributed by atoms with Crippen molar-refractivity contribution >= 4 is 11.1 Å². The van der Waals surface area contributed by atoms with Gasteiger partial charge in [-0.15, -0.1) is 0 Å². The second kappa shape index (κ2) is 11.3. The topological polar surface area (TPSA) is 108 Å². The SMILES string of the molecule is [C-]#[N+]C([N+]#[C-])=C1C(=C(c2ccccn2)c2ccccn2)C(=C(C#N)C#N)C1=C(c1ccccn1)c1ccccn1. The van der Waals surface area contributed by atoms with E-state index in [1.165, 1.54) is 0 Å². The highest BCUT2D eigenvalue weighted by Gasteiger charge is 2.45. The number of hydrogen-bond acceptors (Lipinski definition) is 6. The predicted molar refractivity (Wildman–Crippen MR) is 147 cm³/mol. The Labute approximate surface area is 230 Å². The van der Waals surface area contributed by atoms with E-state index < -0.39 is 0 Å². The smallest absolute Gasteiger partial charge is 0.256 e. The first-order valence-electron chi connectivity index (χ1n) is 11.9. The minimum Gasteiger partial charge on any atom is -0.256 e. The van der Waals surface area contributed by atoms with Gasteiger partial charge in [0, 0.05) is 52.7 Å². The third-order valence-electron chi connectivity index (χ3n) is 6.09. The highest BCUT2D eigenvalue weighted by Crippen LogP contribution is 2.55. The summed E-state index contributed by atoms with van der Waals surface area (Å²) in [4.78, 5) is 25.2. The van der Waals surface area contributed by atoms with Crippen molar-refractivity contribution < 1.29 is 0 Å². The average Bonchev–Trinajstić information content (AvgIpc) is 3.03. The first kappa shape index (κ1) is 25.2. The first-order chi connectivity index (χ1) is 19.7. The van der Waals surface area contributed by atoms with Crippen LogP contribution >= 0.6 is 0 Å². The van der Waals surface area contributed by atoms with Crippen LogP contribution in [0.5, 0.6) is 0 Å². The second-order valence-electron chi connectivity index (χ2n) is 8.26. The molecule has 1 aliphatic carbocycles. The number of allylic oxidation sites excluding steroid dienone is 5. The molecular weight excluding hydrogens is 496 g/mol. The third kappa shape index (κ3) is 4.42. The number of nitriles is 2. The van der Waals surface area contributed by atoms with Crippen LogP contribution in [0.3, 0.4) is 0 Å². The number of hydrogen-bond donors (Lipinski definition) is 0. The Bertz CT molecular complexity index is 1620. The standard InChI is InChI=1S/C32H16N8/c1-35-32(36-2)31-29(27(22-11-3-7-15-37-22)23-12-4-8-16-38-23)26(21(19-33)20-34)30(31)28(24-13-5-9-17-39-24)25-14-6-10-18-40-25/h3-18H. The van der Waals surface area contributed by atoms with Gasteiger partial charge in [-0.1, -0.05) is 24.3 Å². The van der Waals surface area contributed by atoms with Crippen molar-refractivity contribution in [3.63, 3.8) is 0 Å². The van der Waals surface area contributed by atoms with Crippen LogP contribution in [0.25, 0.3) is 20.8 Å². The maximum atomic E-state index is 10.1. The molecule has 8 heteroatoms. The molecule has 0 radical (unpaired) electrons. The second-order valence-corrected chi connectivity index (χ2v) is 8.26. The molecule has 40 heavy (non-hydrogen) atoms. The van der Waals surface area contributed by atoms with E-state index in [9.17, 15) is 10.5 Å². The predicted octanol–water partition coefficient (Wildman–Crippen LogP) is 5.98. The van der Waals surface area contributed by atoms with Gasteiger partial charge in [0.15, 0.2) is 0 Å².